The van der Waals surface area contributed by atoms with Crippen LogP contribution in [0.5, 0.6) is 5.75 Å². The molecule has 1 N–H and O–H groups in total. The first kappa shape index (κ1) is 20.6. The summed E-state index contributed by atoms with van der Waals surface area (Å²) in [5.41, 5.74) is 0.619. The van der Waals surface area contributed by atoms with Crippen LogP contribution < -0.4 is 10.1 Å². The van der Waals surface area contributed by atoms with E-state index in [0.29, 0.717) is 12.5 Å². The summed E-state index contributed by atoms with van der Waals surface area (Å²) in [5, 5.41) is 3.02. The van der Waals surface area contributed by atoms with Crippen LogP contribution in [-0.2, 0) is 11.3 Å². The van der Waals surface area contributed by atoms with E-state index in [1.165, 1.54) is 4.90 Å². The summed E-state index contributed by atoms with van der Waals surface area (Å²) in [6.45, 7) is 7.68. The minimum absolute atomic E-state index is 0.0673. The molecule has 2 aliphatic rings. The molecule has 1 heterocycles. The lowest BCUT2D eigenvalue weighted by atomic mass is 9.67. The molecule has 1 aromatic carbocycles. The molecule has 1 spiro atoms. The van der Waals surface area contributed by atoms with E-state index in [4.69, 9.17) is 4.74 Å². The normalized spacial score (nSPS) is 25.5. The summed E-state index contributed by atoms with van der Waals surface area (Å²) in [5.74, 6) is 1.32. The largest absolute Gasteiger partial charge is 0.497 e. The standard InChI is InChI=1S/C22H33N3O3/c1-21(2,3)17-9-11-22(12-10-17)19(26)25(20(27)23-22)15-24(4)14-16-7-6-8-18(13-16)28-5/h6-8,13,17H,9-12,14-15H2,1-5H3,(H,23,27). The van der Waals surface area contributed by atoms with Crippen molar-refractivity contribution in [3.63, 3.8) is 0 Å². The van der Waals surface area contributed by atoms with Crippen LogP contribution in [0.4, 0.5) is 4.79 Å². The van der Waals surface area contributed by atoms with Gasteiger partial charge in [-0.05, 0) is 61.8 Å². The minimum Gasteiger partial charge on any atom is -0.497 e. The van der Waals surface area contributed by atoms with Crippen molar-refractivity contribution in [1.82, 2.24) is 15.1 Å². The van der Waals surface area contributed by atoms with E-state index in [1.807, 2.05) is 36.2 Å². The van der Waals surface area contributed by atoms with Crippen LogP contribution >= 0.6 is 0 Å². The molecule has 6 heteroatoms. The van der Waals surface area contributed by atoms with Gasteiger partial charge in [0.15, 0.2) is 0 Å². The molecule has 0 radical (unpaired) electrons. The van der Waals surface area contributed by atoms with Gasteiger partial charge < -0.3 is 10.1 Å². The van der Waals surface area contributed by atoms with Gasteiger partial charge in [0.1, 0.15) is 11.3 Å². The number of amides is 3. The number of hydrogen-bond acceptors (Lipinski definition) is 4. The molecule has 0 aromatic heterocycles. The van der Waals surface area contributed by atoms with Crippen molar-refractivity contribution in [3.05, 3.63) is 29.8 Å². The summed E-state index contributed by atoms with van der Waals surface area (Å²) >= 11 is 0. The Morgan fingerprint density at radius 3 is 2.54 bits per heavy atom. The van der Waals surface area contributed by atoms with E-state index in [0.717, 1.165) is 37.0 Å². The fraction of sp³-hybridized carbons (Fsp3) is 0.636. The van der Waals surface area contributed by atoms with Gasteiger partial charge in [-0.3, -0.25) is 9.69 Å². The van der Waals surface area contributed by atoms with E-state index in [-0.39, 0.29) is 24.0 Å². The Labute approximate surface area is 168 Å². The Hall–Kier alpha value is -2.08. The van der Waals surface area contributed by atoms with Crippen LogP contribution in [0.2, 0.25) is 0 Å². The second-order valence-electron chi connectivity index (χ2n) is 9.39. The number of urea groups is 1. The van der Waals surface area contributed by atoms with Gasteiger partial charge in [0, 0.05) is 6.54 Å². The average molecular weight is 388 g/mol. The Kier molecular flexibility index (Phi) is 5.71. The van der Waals surface area contributed by atoms with Gasteiger partial charge in [-0.1, -0.05) is 32.9 Å². The molecular weight excluding hydrogens is 354 g/mol. The molecule has 1 saturated carbocycles. The summed E-state index contributed by atoms with van der Waals surface area (Å²) in [4.78, 5) is 29.1. The highest BCUT2D eigenvalue weighted by Crippen LogP contribution is 2.43. The second kappa shape index (κ2) is 7.74. The van der Waals surface area contributed by atoms with E-state index in [1.54, 1.807) is 7.11 Å². The Morgan fingerprint density at radius 2 is 1.93 bits per heavy atom. The highest BCUT2D eigenvalue weighted by atomic mass is 16.5. The van der Waals surface area contributed by atoms with Crippen LogP contribution in [0.15, 0.2) is 24.3 Å². The number of rotatable bonds is 5. The van der Waals surface area contributed by atoms with Crippen LogP contribution in [0.25, 0.3) is 0 Å². The first-order valence-corrected chi connectivity index (χ1v) is 10.1. The summed E-state index contributed by atoms with van der Waals surface area (Å²) in [6, 6.07) is 7.56. The molecule has 1 saturated heterocycles. The molecule has 3 amide bonds. The fourth-order valence-electron chi connectivity index (χ4n) is 4.49. The molecule has 0 bridgehead atoms. The van der Waals surface area contributed by atoms with Gasteiger partial charge in [-0.2, -0.15) is 0 Å². The molecule has 3 rings (SSSR count). The van der Waals surface area contributed by atoms with Crippen LogP contribution in [0.1, 0.15) is 52.0 Å². The summed E-state index contributed by atoms with van der Waals surface area (Å²) in [7, 11) is 3.56. The highest BCUT2D eigenvalue weighted by Gasteiger charge is 2.53. The van der Waals surface area contributed by atoms with Crippen molar-refractivity contribution < 1.29 is 14.3 Å². The number of carbonyl (C=O) groups excluding carboxylic acids is 2. The highest BCUT2D eigenvalue weighted by molar-refractivity contribution is 6.07. The van der Waals surface area contributed by atoms with Gasteiger partial charge >= 0.3 is 6.03 Å². The smallest absolute Gasteiger partial charge is 0.326 e. The minimum atomic E-state index is -0.699. The second-order valence-corrected chi connectivity index (χ2v) is 9.39. The Morgan fingerprint density at radius 1 is 1.25 bits per heavy atom. The van der Waals surface area contributed by atoms with E-state index >= 15 is 0 Å². The lowest BCUT2D eigenvalue weighted by Gasteiger charge is -2.40. The van der Waals surface area contributed by atoms with Crippen molar-refractivity contribution >= 4 is 11.9 Å². The van der Waals surface area contributed by atoms with Crippen molar-refractivity contribution in [2.75, 3.05) is 20.8 Å². The molecule has 1 aliphatic carbocycles. The first-order chi connectivity index (χ1) is 13.1. The fourth-order valence-corrected chi connectivity index (χ4v) is 4.49. The number of methoxy groups -OCH3 is 1. The predicted octanol–water partition coefficient (Wildman–Crippen LogP) is 3.61. The molecule has 1 aliphatic heterocycles. The monoisotopic (exact) mass is 387 g/mol. The number of carbonyl (C=O) groups is 2. The number of hydrogen-bond donors (Lipinski definition) is 1. The molecule has 28 heavy (non-hydrogen) atoms. The molecule has 154 valence electrons. The van der Waals surface area contributed by atoms with Crippen LogP contribution in [0, 0.1) is 11.3 Å². The van der Waals surface area contributed by atoms with E-state index in [2.05, 4.69) is 26.1 Å². The maximum Gasteiger partial charge on any atom is 0.326 e. The Balaban J connectivity index is 1.62. The SMILES string of the molecule is COc1cccc(CN(C)CN2C(=O)NC3(CCC(C(C)(C)C)CC3)C2=O)c1. The lowest BCUT2D eigenvalue weighted by molar-refractivity contribution is -0.134. The van der Waals surface area contributed by atoms with Crippen LogP contribution in [0.3, 0.4) is 0 Å². The Bertz CT molecular complexity index is 733. The number of nitrogens with zero attached hydrogens (tertiary/aromatic N) is 2. The number of nitrogens with one attached hydrogen (secondary N) is 1. The zero-order valence-electron chi connectivity index (χ0n) is 17.7. The molecule has 2 fully saturated rings. The molecule has 0 unspecified atom stereocenters. The molecular formula is C22H33N3O3. The van der Waals surface area contributed by atoms with Gasteiger partial charge in [0.25, 0.3) is 5.91 Å². The predicted molar refractivity (Wildman–Crippen MR) is 109 cm³/mol. The van der Waals surface area contributed by atoms with Crippen molar-refractivity contribution in [3.8, 4) is 5.75 Å². The third-order valence-electron chi connectivity index (χ3n) is 6.28. The summed E-state index contributed by atoms with van der Waals surface area (Å²) < 4.78 is 5.26. The maximum absolute atomic E-state index is 13.1. The number of ether oxygens (including phenoxy) is 1. The van der Waals surface area contributed by atoms with Gasteiger partial charge in [0.05, 0.1) is 13.8 Å². The zero-order chi connectivity index (χ0) is 20.5. The van der Waals surface area contributed by atoms with E-state index < -0.39 is 5.54 Å². The third-order valence-corrected chi connectivity index (χ3v) is 6.28. The van der Waals surface area contributed by atoms with Crippen molar-refractivity contribution in [2.45, 2.75) is 58.5 Å². The number of imide groups is 1. The third kappa shape index (κ3) is 4.17. The van der Waals surface area contributed by atoms with Gasteiger partial charge in [-0.25, -0.2) is 9.69 Å². The lowest BCUT2D eigenvalue weighted by Crippen LogP contribution is -2.51. The molecule has 6 nitrogen and oxygen atoms in total. The van der Waals surface area contributed by atoms with Gasteiger partial charge in [0.2, 0.25) is 0 Å². The topological polar surface area (TPSA) is 61.9 Å². The zero-order valence-corrected chi connectivity index (χ0v) is 17.7. The van der Waals surface area contributed by atoms with Crippen molar-refractivity contribution in [1.29, 1.82) is 0 Å². The van der Waals surface area contributed by atoms with Crippen molar-refractivity contribution in [2.24, 2.45) is 11.3 Å². The average Bonchev–Trinajstić information content (AvgIpc) is 2.85. The summed E-state index contributed by atoms with van der Waals surface area (Å²) in [6.07, 6.45) is 3.41. The molecule has 0 atom stereocenters. The van der Waals surface area contributed by atoms with Gasteiger partial charge in [-0.15, -0.1) is 0 Å². The quantitative estimate of drug-likeness (QED) is 0.784. The van der Waals surface area contributed by atoms with E-state index in [9.17, 15) is 9.59 Å². The first-order valence-electron chi connectivity index (χ1n) is 10.1. The maximum atomic E-state index is 13.1. The number of benzene rings is 1. The van der Waals surface area contributed by atoms with Crippen LogP contribution in [-0.4, -0.2) is 48.1 Å². The molecule has 1 aromatic rings.